The maximum atomic E-state index is 11.9. The van der Waals surface area contributed by atoms with Crippen molar-refractivity contribution in [1.29, 1.82) is 0 Å². The highest BCUT2D eigenvalue weighted by atomic mass is 32.1. The molecule has 0 aromatic heterocycles. The third kappa shape index (κ3) is 5.65. The van der Waals surface area contributed by atoms with Crippen molar-refractivity contribution in [2.45, 2.75) is 39.7 Å². The molecule has 0 bridgehead atoms. The van der Waals surface area contributed by atoms with Gasteiger partial charge in [0.25, 0.3) is 0 Å². The van der Waals surface area contributed by atoms with Crippen LogP contribution >= 0.6 is 12.6 Å². The van der Waals surface area contributed by atoms with Gasteiger partial charge in [0.15, 0.2) is 0 Å². The Morgan fingerprint density at radius 3 is 2.55 bits per heavy atom. The zero-order chi connectivity index (χ0) is 15.5. The van der Waals surface area contributed by atoms with Crippen LogP contribution in [0.4, 0.5) is 4.79 Å². The lowest BCUT2D eigenvalue weighted by Crippen LogP contribution is -2.39. The Morgan fingerprint density at radius 2 is 2.05 bits per heavy atom. The monoisotopic (exact) mass is 297 g/mol. The highest BCUT2D eigenvalue weighted by molar-refractivity contribution is 7.96. The summed E-state index contributed by atoms with van der Waals surface area (Å²) in [7, 11) is 0. The highest BCUT2D eigenvalue weighted by Crippen LogP contribution is 2.21. The van der Waals surface area contributed by atoms with E-state index in [0.717, 1.165) is 6.42 Å². The second kappa shape index (κ2) is 10.3. The molecule has 0 aromatic rings. The third-order valence-corrected chi connectivity index (χ3v) is 2.96. The molecule has 4 nitrogen and oxygen atoms in total. The molecule has 0 spiro atoms. The lowest BCUT2D eigenvalue weighted by atomic mass is 10.2. The summed E-state index contributed by atoms with van der Waals surface area (Å²) in [5.41, 5.74) is 0. The molecule has 112 valence electrons. The number of rotatable bonds is 4. The minimum absolute atomic E-state index is 0.298. The van der Waals surface area contributed by atoms with Crippen molar-refractivity contribution >= 4 is 23.8 Å². The maximum Gasteiger partial charge on any atom is 0.415 e. The fourth-order valence-electron chi connectivity index (χ4n) is 1.75. The summed E-state index contributed by atoms with van der Waals surface area (Å²) < 4.78 is 5.19. The summed E-state index contributed by atoms with van der Waals surface area (Å²) in [6, 6.07) is -0.470. The van der Waals surface area contributed by atoms with Crippen LogP contribution < -0.4 is 0 Å². The second-order valence-corrected chi connectivity index (χ2v) is 4.28. The molecule has 1 amide bonds. The Labute approximate surface area is 126 Å². The van der Waals surface area contributed by atoms with Gasteiger partial charge in [0, 0.05) is 6.54 Å². The van der Waals surface area contributed by atoms with Crippen LogP contribution in [0, 0.1) is 0 Å². The number of ether oxygens (including phenoxy) is 1. The van der Waals surface area contributed by atoms with E-state index in [1.807, 2.05) is 13.8 Å². The van der Waals surface area contributed by atoms with Gasteiger partial charge in [-0.05, 0) is 31.9 Å². The predicted octanol–water partition coefficient (Wildman–Crippen LogP) is 3.72. The molecule has 1 unspecified atom stereocenters. The molecule has 1 aliphatic heterocycles. The minimum Gasteiger partial charge on any atom is -0.411 e. The van der Waals surface area contributed by atoms with Crippen LogP contribution in [0.5, 0.6) is 0 Å². The summed E-state index contributed by atoms with van der Waals surface area (Å²) in [4.78, 5) is 24.6. The third-order valence-electron chi connectivity index (χ3n) is 2.66. The number of hydrogen-bond donors (Lipinski definition) is 1. The number of allylic oxidation sites excluding steroid dienone is 4. The first-order valence-corrected chi connectivity index (χ1v) is 7.21. The number of likely N-dealkylation sites (tertiary alicyclic amines) is 1. The maximum absolute atomic E-state index is 11.9. The Hall–Kier alpha value is -1.49. The molecule has 1 fully saturated rings. The predicted molar refractivity (Wildman–Crippen MR) is 84.6 cm³/mol. The first-order chi connectivity index (χ1) is 9.60. The topological polar surface area (TPSA) is 46.6 Å². The largest absolute Gasteiger partial charge is 0.415 e. The summed E-state index contributed by atoms with van der Waals surface area (Å²) in [5.74, 6) is 0.428. The fraction of sp³-hybridized carbons (Fsp3) is 0.467. The first kappa shape index (κ1) is 18.5. The number of carbonyl (C=O) groups is 2. The SMILES string of the molecule is C=C/C=C\C(=C/C)OC(=O)N1CCCC1C(=O)S.CC. The molecule has 20 heavy (non-hydrogen) atoms. The number of amides is 1. The Kier molecular flexibility index (Phi) is 9.55. The smallest absolute Gasteiger partial charge is 0.411 e. The van der Waals surface area contributed by atoms with E-state index in [4.69, 9.17) is 4.74 Å². The van der Waals surface area contributed by atoms with Crippen LogP contribution in [0.1, 0.15) is 33.6 Å². The molecular weight excluding hydrogens is 274 g/mol. The summed E-state index contributed by atoms with van der Waals surface area (Å²) in [6.45, 7) is 9.83. The van der Waals surface area contributed by atoms with Gasteiger partial charge in [-0.3, -0.25) is 9.69 Å². The van der Waals surface area contributed by atoms with Gasteiger partial charge in [-0.15, -0.1) is 12.6 Å². The van der Waals surface area contributed by atoms with E-state index in [-0.39, 0.29) is 5.12 Å². The van der Waals surface area contributed by atoms with Crippen molar-refractivity contribution in [3.63, 3.8) is 0 Å². The quantitative estimate of drug-likeness (QED) is 0.489. The van der Waals surface area contributed by atoms with Gasteiger partial charge >= 0.3 is 6.09 Å². The number of nitrogens with zero attached hydrogens (tertiary/aromatic N) is 1. The number of hydrogen-bond acceptors (Lipinski definition) is 3. The highest BCUT2D eigenvalue weighted by Gasteiger charge is 2.33. The van der Waals surface area contributed by atoms with E-state index < -0.39 is 12.1 Å². The molecule has 0 N–H and O–H groups in total. The Morgan fingerprint density at radius 1 is 1.40 bits per heavy atom. The van der Waals surface area contributed by atoms with Crippen LogP contribution in [-0.4, -0.2) is 28.7 Å². The molecule has 0 aromatic carbocycles. The van der Waals surface area contributed by atoms with Gasteiger partial charge in [0.05, 0.1) is 0 Å². The van der Waals surface area contributed by atoms with Crippen LogP contribution in [0.15, 0.2) is 36.6 Å². The number of carbonyl (C=O) groups excluding carboxylic acids is 2. The average molecular weight is 297 g/mol. The zero-order valence-corrected chi connectivity index (χ0v) is 13.2. The Balaban J connectivity index is 0.00000172. The van der Waals surface area contributed by atoms with Crippen molar-refractivity contribution < 1.29 is 14.3 Å². The lowest BCUT2D eigenvalue weighted by molar-refractivity contribution is -0.114. The van der Waals surface area contributed by atoms with E-state index in [9.17, 15) is 9.59 Å². The van der Waals surface area contributed by atoms with Crippen molar-refractivity contribution in [2.24, 2.45) is 0 Å². The number of thiol groups is 1. The average Bonchev–Trinajstić information content (AvgIpc) is 2.95. The van der Waals surface area contributed by atoms with E-state index in [2.05, 4.69) is 19.2 Å². The zero-order valence-electron chi connectivity index (χ0n) is 12.3. The van der Waals surface area contributed by atoms with Crippen LogP contribution in [0.2, 0.25) is 0 Å². The summed E-state index contributed by atoms with van der Waals surface area (Å²) in [5, 5.41) is -0.298. The van der Waals surface area contributed by atoms with Gasteiger partial charge in [0.1, 0.15) is 11.8 Å². The molecule has 1 atom stereocenters. The second-order valence-electron chi connectivity index (χ2n) is 3.84. The van der Waals surface area contributed by atoms with E-state index in [1.54, 1.807) is 31.2 Å². The van der Waals surface area contributed by atoms with Crippen LogP contribution in [0.25, 0.3) is 0 Å². The molecule has 0 radical (unpaired) electrons. The van der Waals surface area contributed by atoms with Crippen molar-refractivity contribution in [3.05, 3.63) is 36.6 Å². The van der Waals surface area contributed by atoms with Gasteiger partial charge < -0.3 is 4.74 Å². The van der Waals surface area contributed by atoms with Gasteiger partial charge in [-0.2, -0.15) is 0 Å². The lowest BCUT2D eigenvalue weighted by Gasteiger charge is -2.21. The standard InChI is InChI=1S/C13H17NO3S.C2H6/c1-3-5-7-10(4-2)17-13(16)14-9-6-8-11(14)12(15)18;1-2/h3-5,7,11H,1,6,8-9H2,2H3,(H,15,18);1-2H3/b7-5-,10-4+;. The van der Waals surface area contributed by atoms with Gasteiger partial charge in [-0.25, -0.2) is 4.79 Å². The van der Waals surface area contributed by atoms with Crippen molar-refractivity contribution in [1.82, 2.24) is 4.90 Å². The van der Waals surface area contributed by atoms with E-state index >= 15 is 0 Å². The molecule has 1 rings (SSSR count). The van der Waals surface area contributed by atoms with E-state index in [0.29, 0.717) is 18.7 Å². The minimum atomic E-state index is -0.512. The van der Waals surface area contributed by atoms with Crippen molar-refractivity contribution in [3.8, 4) is 0 Å². The van der Waals surface area contributed by atoms with Gasteiger partial charge in [-0.1, -0.05) is 32.6 Å². The van der Waals surface area contributed by atoms with Crippen LogP contribution in [0.3, 0.4) is 0 Å². The van der Waals surface area contributed by atoms with E-state index in [1.165, 1.54) is 4.90 Å². The molecule has 1 heterocycles. The summed E-state index contributed by atoms with van der Waals surface area (Å²) >= 11 is 3.79. The normalized spacial score (nSPS) is 18.5. The van der Waals surface area contributed by atoms with Crippen LogP contribution in [-0.2, 0) is 9.53 Å². The summed E-state index contributed by atoms with van der Waals surface area (Å²) in [6.07, 6.45) is 7.50. The fourth-order valence-corrected chi connectivity index (χ4v) is 2.02. The molecule has 1 aliphatic rings. The van der Waals surface area contributed by atoms with Gasteiger partial charge in [0.2, 0.25) is 5.12 Å². The molecular formula is C15H23NO3S. The van der Waals surface area contributed by atoms with Crippen molar-refractivity contribution in [2.75, 3.05) is 6.54 Å². The molecule has 0 aliphatic carbocycles. The molecule has 1 saturated heterocycles. The Bertz CT molecular complexity index is 402. The molecule has 0 saturated carbocycles. The molecule has 5 heteroatoms. The first-order valence-electron chi connectivity index (χ1n) is 6.76.